The molecule has 1 aliphatic heterocycles. The van der Waals surface area contributed by atoms with Crippen LogP contribution in [0.5, 0.6) is 0 Å². The maximum Gasteiger partial charge on any atom is 0.254 e. The number of likely N-dealkylation sites (tertiary alicyclic amines) is 1. The van der Waals surface area contributed by atoms with Gasteiger partial charge in [0.05, 0.1) is 5.92 Å². The first kappa shape index (κ1) is 16.3. The molecule has 0 aromatic heterocycles. The van der Waals surface area contributed by atoms with Crippen molar-refractivity contribution in [1.29, 1.82) is 0 Å². The lowest BCUT2D eigenvalue weighted by molar-refractivity contribution is -0.126. The SMILES string of the molecule is CCCNC(=O)C1CCCN(C(=O)c2cc(N)ccc2C)C1. The van der Waals surface area contributed by atoms with Crippen LogP contribution in [-0.4, -0.2) is 36.3 Å². The van der Waals surface area contributed by atoms with Crippen LogP contribution in [-0.2, 0) is 4.79 Å². The minimum atomic E-state index is -0.106. The second-order valence-corrected chi connectivity index (χ2v) is 5.96. The predicted molar refractivity (Wildman–Crippen MR) is 87.5 cm³/mol. The van der Waals surface area contributed by atoms with Crippen LogP contribution >= 0.6 is 0 Å². The largest absolute Gasteiger partial charge is 0.399 e. The Bertz CT molecular complexity index is 557. The summed E-state index contributed by atoms with van der Waals surface area (Å²) in [4.78, 5) is 26.6. The van der Waals surface area contributed by atoms with Gasteiger partial charge in [0.25, 0.3) is 5.91 Å². The number of carbonyl (C=O) groups is 2. The molecule has 2 rings (SSSR count). The number of benzene rings is 1. The van der Waals surface area contributed by atoms with Crippen molar-refractivity contribution in [2.75, 3.05) is 25.4 Å². The fraction of sp³-hybridized carbons (Fsp3) is 0.529. The lowest BCUT2D eigenvalue weighted by atomic mass is 9.96. The van der Waals surface area contributed by atoms with Crippen LogP contribution in [0, 0.1) is 12.8 Å². The van der Waals surface area contributed by atoms with E-state index >= 15 is 0 Å². The summed E-state index contributed by atoms with van der Waals surface area (Å²) in [6.07, 6.45) is 2.62. The number of hydrogen-bond donors (Lipinski definition) is 2. The van der Waals surface area contributed by atoms with Gasteiger partial charge in [0.1, 0.15) is 0 Å². The van der Waals surface area contributed by atoms with E-state index in [0.717, 1.165) is 24.8 Å². The number of hydrogen-bond acceptors (Lipinski definition) is 3. The van der Waals surface area contributed by atoms with Gasteiger partial charge in [0.15, 0.2) is 0 Å². The third-order valence-corrected chi connectivity index (χ3v) is 4.12. The van der Waals surface area contributed by atoms with Crippen molar-refractivity contribution in [3.63, 3.8) is 0 Å². The molecule has 22 heavy (non-hydrogen) atoms. The standard InChI is InChI=1S/C17H25N3O2/c1-3-8-19-16(21)13-5-4-9-20(11-13)17(22)15-10-14(18)7-6-12(15)2/h6-7,10,13H,3-5,8-9,11,18H2,1-2H3,(H,19,21). The van der Waals surface area contributed by atoms with Gasteiger partial charge in [0, 0.05) is 30.9 Å². The van der Waals surface area contributed by atoms with Gasteiger partial charge < -0.3 is 16.0 Å². The zero-order valence-electron chi connectivity index (χ0n) is 13.4. The summed E-state index contributed by atoms with van der Waals surface area (Å²) in [5.41, 5.74) is 7.92. The highest BCUT2D eigenvalue weighted by molar-refractivity contribution is 5.97. The highest BCUT2D eigenvalue weighted by atomic mass is 16.2. The predicted octanol–water partition coefficient (Wildman–Crippen LogP) is 1.96. The monoisotopic (exact) mass is 303 g/mol. The molecule has 1 fully saturated rings. The van der Waals surface area contributed by atoms with Crippen LogP contribution in [0.2, 0.25) is 0 Å². The van der Waals surface area contributed by atoms with Gasteiger partial charge in [-0.05, 0) is 43.9 Å². The summed E-state index contributed by atoms with van der Waals surface area (Å²) in [5, 5.41) is 2.92. The molecule has 1 saturated heterocycles. The van der Waals surface area contributed by atoms with E-state index < -0.39 is 0 Å². The molecule has 1 aromatic carbocycles. The first-order chi connectivity index (χ1) is 10.5. The molecule has 3 N–H and O–H groups in total. The van der Waals surface area contributed by atoms with Crippen molar-refractivity contribution in [1.82, 2.24) is 10.2 Å². The number of rotatable bonds is 4. The number of piperidine rings is 1. The lowest BCUT2D eigenvalue weighted by Crippen LogP contribution is -2.45. The number of nitrogen functional groups attached to an aromatic ring is 1. The van der Waals surface area contributed by atoms with E-state index in [9.17, 15) is 9.59 Å². The highest BCUT2D eigenvalue weighted by Gasteiger charge is 2.29. The summed E-state index contributed by atoms with van der Waals surface area (Å²) in [7, 11) is 0. The third kappa shape index (κ3) is 3.78. The Morgan fingerprint density at radius 3 is 2.91 bits per heavy atom. The second kappa shape index (κ2) is 7.29. The van der Waals surface area contributed by atoms with Crippen LogP contribution in [0.1, 0.15) is 42.1 Å². The van der Waals surface area contributed by atoms with Gasteiger partial charge in [-0.25, -0.2) is 0 Å². The van der Waals surface area contributed by atoms with E-state index in [1.165, 1.54) is 0 Å². The summed E-state index contributed by atoms with van der Waals surface area (Å²) in [5.74, 6) is -0.0768. The van der Waals surface area contributed by atoms with Crippen LogP contribution in [0.25, 0.3) is 0 Å². The lowest BCUT2D eigenvalue weighted by Gasteiger charge is -2.32. The maximum atomic E-state index is 12.7. The first-order valence-corrected chi connectivity index (χ1v) is 7.96. The van der Waals surface area contributed by atoms with E-state index in [1.807, 2.05) is 19.9 Å². The van der Waals surface area contributed by atoms with Gasteiger partial charge in [-0.15, -0.1) is 0 Å². The van der Waals surface area contributed by atoms with Crippen LogP contribution in [0.4, 0.5) is 5.69 Å². The fourth-order valence-electron chi connectivity index (χ4n) is 2.81. The Morgan fingerprint density at radius 1 is 1.41 bits per heavy atom. The number of aryl methyl sites for hydroxylation is 1. The molecular formula is C17H25N3O2. The van der Waals surface area contributed by atoms with Gasteiger partial charge in [0.2, 0.25) is 5.91 Å². The number of nitrogens with two attached hydrogens (primary N) is 1. The van der Waals surface area contributed by atoms with Crippen LogP contribution in [0.15, 0.2) is 18.2 Å². The molecular weight excluding hydrogens is 278 g/mol. The van der Waals surface area contributed by atoms with Crippen molar-refractivity contribution in [2.45, 2.75) is 33.1 Å². The minimum absolute atomic E-state index is 0.0298. The average molecular weight is 303 g/mol. The van der Waals surface area contributed by atoms with Crippen molar-refractivity contribution in [3.8, 4) is 0 Å². The molecule has 1 unspecified atom stereocenters. The Morgan fingerprint density at radius 2 is 2.18 bits per heavy atom. The number of amides is 2. The highest BCUT2D eigenvalue weighted by Crippen LogP contribution is 2.21. The molecule has 0 bridgehead atoms. The molecule has 0 radical (unpaired) electrons. The summed E-state index contributed by atoms with van der Waals surface area (Å²) in [6, 6.07) is 5.37. The maximum absolute atomic E-state index is 12.7. The Kier molecular flexibility index (Phi) is 5.41. The topological polar surface area (TPSA) is 75.4 Å². The number of carbonyl (C=O) groups excluding carboxylic acids is 2. The number of nitrogens with one attached hydrogen (secondary N) is 1. The quantitative estimate of drug-likeness (QED) is 0.835. The molecule has 0 spiro atoms. The smallest absolute Gasteiger partial charge is 0.254 e. The second-order valence-electron chi connectivity index (χ2n) is 5.96. The molecule has 5 heteroatoms. The van der Waals surface area contributed by atoms with Crippen LogP contribution in [0.3, 0.4) is 0 Å². The normalized spacial score (nSPS) is 18.1. The van der Waals surface area contributed by atoms with E-state index in [2.05, 4.69) is 5.32 Å². The zero-order valence-corrected chi connectivity index (χ0v) is 13.4. The van der Waals surface area contributed by atoms with Crippen molar-refractivity contribution < 1.29 is 9.59 Å². The van der Waals surface area contributed by atoms with Crippen molar-refractivity contribution in [3.05, 3.63) is 29.3 Å². The third-order valence-electron chi connectivity index (χ3n) is 4.12. The first-order valence-electron chi connectivity index (χ1n) is 7.96. The molecule has 1 atom stereocenters. The molecule has 1 heterocycles. The average Bonchev–Trinajstić information content (AvgIpc) is 2.54. The van der Waals surface area contributed by atoms with E-state index in [0.29, 0.717) is 30.9 Å². The van der Waals surface area contributed by atoms with Gasteiger partial charge in [-0.2, -0.15) is 0 Å². The molecule has 2 amide bonds. The van der Waals surface area contributed by atoms with Gasteiger partial charge >= 0.3 is 0 Å². The molecule has 5 nitrogen and oxygen atoms in total. The Labute approximate surface area is 131 Å². The summed E-state index contributed by atoms with van der Waals surface area (Å²) >= 11 is 0. The Balaban J connectivity index is 2.07. The minimum Gasteiger partial charge on any atom is -0.399 e. The van der Waals surface area contributed by atoms with Gasteiger partial charge in [-0.3, -0.25) is 9.59 Å². The number of nitrogens with zero attached hydrogens (tertiary/aromatic N) is 1. The molecule has 1 aromatic rings. The molecule has 0 aliphatic carbocycles. The molecule has 0 saturated carbocycles. The van der Waals surface area contributed by atoms with Crippen LogP contribution < -0.4 is 11.1 Å². The fourth-order valence-corrected chi connectivity index (χ4v) is 2.81. The zero-order chi connectivity index (χ0) is 16.1. The molecule has 120 valence electrons. The summed E-state index contributed by atoms with van der Waals surface area (Å²) < 4.78 is 0. The summed E-state index contributed by atoms with van der Waals surface area (Å²) in [6.45, 7) is 5.81. The molecule has 1 aliphatic rings. The van der Waals surface area contributed by atoms with Crippen molar-refractivity contribution >= 4 is 17.5 Å². The van der Waals surface area contributed by atoms with Crippen molar-refractivity contribution in [2.24, 2.45) is 5.92 Å². The van der Waals surface area contributed by atoms with E-state index in [1.54, 1.807) is 17.0 Å². The van der Waals surface area contributed by atoms with Gasteiger partial charge in [-0.1, -0.05) is 13.0 Å². The van der Waals surface area contributed by atoms with E-state index in [-0.39, 0.29) is 17.7 Å². The Hall–Kier alpha value is -2.04. The van der Waals surface area contributed by atoms with E-state index in [4.69, 9.17) is 5.73 Å². The number of anilines is 1.